The van der Waals surface area contributed by atoms with Gasteiger partial charge in [0.2, 0.25) is 0 Å². The highest BCUT2D eigenvalue weighted by Gasteiger charge is 2.15. The molecule has 1 aromatic heterocycles. The Morgan fingerprint density at radius 1 is 1.50 bits per heavy atom. The van der Waals surface area contributed by atoms with Gasteiger partial charge in [-0.2, -0.15) is 0 Å². The Morgan fingerprint density at radius 2 is 2.22 bits per heavy atom. The van der Waals surface area contributed by atoms with E-state index in [2.05, 4.69) is 16.8 Å². The normalized spacial score (nSPS) is 10.4. The zero-order valence-corrected chi connectivity index (χ0v) is 11.4. The predicted molar refractivity (Wildman–Crippen MR) is 74.4 cm³/mol. The van der Waals surface area contributed by atoms with Crippen LogP contribution < -0.4 is 10.6 Å². The maximum atomic E-state index is 7.68. The van der Waals surface area contributed by atoms with E-state index >= 15 is 0 Å². The summed E-state index contributed by atoms with van der Waals surface area (Å²) in [4.78, 5) is 6.44. The van der Waals surface area contributed by atoms with Crippen LogP contribution >= 0.6 is 0 Å². The molecule has 0 aliphatic rings. The van der Waals surface area contributed by atoms with E-state index in [1.165, 1.54) is 0 Å². The van der Waals surface area contributed by atoms with Crippen molar-refractivity contribution in [2.75, 3.05) is 31.2 Å². The van der Waals surface area contributed by atoms with Gasteiger partial charge in [-0.25, -0.2) is 4.98 Å². The average Bonchev–Trinajstić information content (AvgIpc) is 2.34. The van der Waals surface area contributed by atoms with Crippen LogP contribution in [-0.2, 0) is 4.74 Å². The van der Waals surface area contributed by atoms with Crippen LogP contribution in [-0.4, -0.2) is 37.1 Å². The lowest BCUT2D eigenvalue weighted by Crippen LogP contribution is -2.31. The molecular formula is C13H22N4O. The van der Waals surface area contributed by atoms with Crippen LogP contribution in [0.3, 0.4) is 0 Å². The molecule has 5 heteroatoms. The number of rotatable bonds is 7. The third kappa shape index (κ3) is 3.43. The smallest absolute Gasteiger partial charge is 0.139 e. The van der Waals surface area contributed by atoms with Crippen molar-refractivity contribution < 1.29 is 4.74 Å². The van der Waals surface area contributed by atoms with E-state index in [0.29, 0.717) is 13.2 Å². The molecule has 1 aromatic rings. The fourth-order valence-electron chi connectivity index (χ4n) is 1.85. The number of nitrogens with two attached hydrogens (primary N) is 1. The van der Waals surface area contributed by atoms with Crippen molar-refractivity contribution in [1.29, 1.82) is 5.41 Å². The van der Waals surface area contributed by atoms with Crippen molar-refractivity contribution in [3.63, 3.8) is 0 Å². The second kappa shape index (κ2) is 6.96. The number of nitrogens with one attached hydrogen (secondary N) is 1. The van der Waals surface area contributed by atoms with E-state index in [-0.39, 0.29) is 5.84 Å². The number of amidine groups is 1. The second-order valence-electron chi connectivity index (χ2n) is 4.02. The Bertz CT molecular complexity index is 406. The summed E-state index contributed by atoms with van der Waals surface area (Å²) in [5, 5.41) is 7.68. The van der Waals surface area contributed by atoms with Gasteiger partial charge in [-0.1, -0.05) is 0 Å². The van der Waals surface area contributed by atoms with Crippen LogP contribution in [0, 0.1) is 12.3 Å². The van der Waals surface area contributed by atoms with Gasteiger partial charge in [-0.3, -0.25) is 5.41 Å². The molecule has 5 nitrogen and oxygen atoms in total. The Labute approximate surface area is 108 Å². The van der Waals surface area contributed by atoms with Crippen LogP contribution in [0.5, 0.6) is 0 Å². The number of hydrogen-bond acceptors (Lipinski definition) is 4. The third-order valence-electron chi connectivity index (χ3n) is 2.80. The molecule has 0 aliphatic carbocycles. The molecule has 1 heterocycles. The summed E-state index contributed by atoms with van der Waals surface area (Å²) in [6, 6.07) is 1.87. The molecule has 0 fully saturated rings. The van der Waals surface area contributed by atoms with Gasteiger partial charge in [0.15, 0.2) is 0 Å². The first-order chi connectivity index (χ1) is 8.61. The van der Waals surface area contributed by atoms with Crippen molar-refractivity contribution in [1.82, 2.24) is 4.98 Å². The SMILES string of the molecule is CCOCCN(CC)c1nccc(C)c1C(=N)N. The lowest BCUT2D eigenvalue weighted by atomic mass is 10.1. The molecular weight excluding hydrogens is 228 g/mol. The van der Waals surface area contributed by atoms with Crippen LogP contribution in [0.15, 0.2) is 12.3 Å². The topological polar surface area (TPSA) is 75.2 Å². The molecule has 0 aliphatic heterocycles. The largest absolute Gasteiger partial charge is 0.384 e. The fraction of sp³-hybridized carbons (Fsp3) is 0.538. The maximum Gasteiger partial charge on any atom is 0.139 e. The molecule has 1 rings (SSSR count). The average molecular weight is 250 g/mol. The molecule has 0 saturated heterocycles. The van der Waals surface area contributed by atoms with E-state index < -0.39 is 0 Å². The number of pyridine rings is 1. The first-order valence-electron chi connectivity index (χ1n) is 6.24. The fourth-order valence-corrected chi connectivity index (χ4v) is 1.85. The predicted octanol–water partition coefficient (Wildman–Crippen LogP) is 1.54. The number of likely N-dealkylation sites (N-methyl/N-ethyl adjacent to an activating group) is 1. The molecule has 0 amide bonds. The lowest BCUT2D eigenvalue weighted by Gasteiger charge is -2.24. The molecule has 0 spiro atoms. The zero-order chi connectivity index (χ0) is 13.5. The van der Waals surface area contributed by atoms with Gasteiger partial charge in [0.25, 0.3) is 0 Å². The molecule has 0 radical (unpaired) electrons. The van der Waals surface area contributed by atoms with Crippen molar-refractivity contribution >= 4 is 11.7 Å². The number of hydrogen-bond donors (Lipinski definition) is 2. The molecule has 100 valence electrons. The van der Waals surface area contributed by atoms with Crippen molar-refractivity contribution in [2.45, 2.75) is 20.8 Å². The van der Waals surface area contributed by atoms with E-state index in [1.54, 1.807) is 6.20 Å². The molecule has 0 saturated carbocycles. The molecule has 0 bridgehead atoms. The minimum Gasteiger partial charge on any atom is -0.384 e. The number of aromatic nitrogens is 1. The van der Waals surface area contributed by atoms with Gasteiger partial charge in [0.05, 0.1) is 12.2 Å². The van der Waals surface area contributed by atoms with E-state index in [4.69, 9.17) is 15.9 Å². The van der Waals surface area contributed by atoms with Crippen molar-refractivity contribution in [2.24, 2.45) is 5.73 Å². The number of ether oxygens (including phenoxy) is 1. The summed E-state index contributed by atoms with van der Waals surface area (Å²) in [7, 11) is 0. The standard InChI is InChI=1S/C13H22N4O/c1-4-17(8-9-18-5-2)13-11(12(14)15)10(3)6-7-16-13/h6-7H,4-5,8-9H2,1-3H3,(H3,14,15). The number of anilines is 1. The summed E-state index contributed by atoms with van der Waals surface area (Å²) in [5.74, 6) is 0.829. The lowest BCUT2D eigenvalue weighted by molar-refractivity contribution is 0.154. The minimum atomic E-state index is 0.0606. The van der Waals surface area contributed by atoms with Gasteiger partial charge in [-0.15, -0.1) is 0 Å². The second-order valence-corrected chi connectivity index (χ2v) is 4.02. The van der Waals surface area contributed by atoms with Gasteiger partial charge in [0.1, 0.15) is 11.7 Å². The highest BCUT2D eigenvalue weighted by molar-refractivity contribution is 6.00. The highest BCUT2D eigenvalue weighted by atomic mass is 16.5. The van der Waals surface area contributed by atoms with Gasteiger partial charge >= 0.3 is 0 Å². The van der Waals surface area contributed by atoms with Crippen LogP contribution in [0.25, 0.3) is 0 Å². The molecule has 0 atom stereocenters. The Morgan fingerprint density at radius 3 is 2.78 bits per heavy atom. The van der Waals surface area contributed by atoms with Crippen LogP contribution in [0.2, 0.25) is 0 Å². The van der Waals surface area contributed by atoms with E-state index in [0.717, 1.165) is 30.0 Å². The first-order valence-corrected chi connectivity index (χ1v) is 6.24. The summed E-state index contributed by atoms with van der Waals surface area (Å²) in [6.45, 7) is 8.89. The van der Waals surface area contributed by atoms with E-state index in [1.807, 2.05) is 19.9 Å². The zero-order valence-electron chi connectivity index (χ0n) is 11.4. The Hall–Kier alpha value is -1.62. The Balaban J connectivity index is 2.98. The highest BCUT2D eigenvalue weighted by Crippen LogP contribution is 2.20. The third-order valence-corrected chi connectivity index (χ3v) is 2.80. The quantitative estimate of drug-likeness (QED) is 0.437. The van der Waals surface area contributed by atoms with Crippen LogP contribution in [0.4, 0.5) is 5.82 Å². The number of nitrogen functional groups attached to an aromatic ring is 1. The van der Waals surface area contributed by atoms with Gasteiger partial charge in [0, 0.05) is 25.9 Å². The summed E-state index contributed by atoms with van der Waals surface area (Å²) in [5.41, 5.74) is 7.34. The monoisotopic (exact) mass is 250 g/mol. The van der Waals surface area contributed by atoms with E-state index in [9.17, 15) is 0 Å². The van der Waals surface area contributed by atoms with Gasteiger partial charge < -0.3 is 15.4 Å². The van der Waals surface area contributed by atoms with Gasteiger partial charge in [-0.05, 0) is 32.4 Å². The first kappa shape index (κ1) is 14.4. The molecule has 3 N–H and O–H groups in total. The maximum absolute atomic E-state index is 7.68. The number of aryl methyl sites for hydroxylation is 1. The molecule has 0 unspecified atom stereocenters. The minimum absolute atomic E-state index is 0.0606. The van der Waals surface area contributed by atoms with Crippen molar-refractivity contribution in [3.8, 4) is 0 Å². The summed E-state index contributed by atoms with van der Waals surface area (Å²) >= 11 is 0. The Kier molecular flexibility index (Phi) is 5.58. The molecule has 18 heavy (non-hydrogen) atoms. The molecule has 0 aromatic carbocycles. The van der Waals surface area contributed by atoms with Crippen molar-refractivity contribution in [3.05, 3.63) is 23.4 Å². The summed E-state index contributed by atoms with van der Waals surface area (Å²) in [6.07, 6.45) is 1.75. The summed E-state index contributed by atoms with van der Waals surface area (Å²) < 4.78 is 5.36. The number of nitrogens with zero attached hydrogens (tertiary/aromatic N) is 2. The van der Waals surface area contributed by atoms with Crippen LogP contribution in [0.1, 0.15) is 25.0 Å².